The first kappa shape index (κ1) is 20.0. The van der Waals surface area contributed by atoms with Crippen LogP contribution in [0.1, 0.15) is 18.1 Å². The lowest BCUT2D eigenvalue weighted by molar-refractivity contribution is -0.132. The van der Waals surface area contributed by atoms with Gasteiger partial charge in [-0.15, -0.1) is 0 Å². The number of benzene rings is 3. The van der Waals surface area contributed by atoms with Gasteiger partial charge in [0, 0.05) is 12.5 Å². The topological polar surface area (TPSA) is 65.0 Å². The molecule has 0 amide bonds. The smallest absolute Gasteiger partial charge is 0.363 e. The summed E-state index contributed by atoms with van der Waals surface area (Å²) in [4.78, 5) is 28.1. The Balaban J connectivity index is 1.73. The predicted octanol–water partition coefficient (Wildman–Crippen LogP) is 5.32. The van der Waals surface area contributed by atoms with Crippen LogP contribution in [0.3, 0.4) is 0 Å². The summed E-state index contributed by atoms with van der Waals surface area (Å²) < 4.78 is 12.2. The van der Waals surface area contributed by atoms with Crippen molar-refractivity contribution in [1.29, 1.82) is 0 Å². The van der Waals surface area contributed by atoms with Gasteiger partial charge in [-0.3, -0.25) is 4.79 Å². The van der Waals surface area contributed by atoms with Gasteiger partial charge in [0.25, 0.3) is 0 Å². The van der Waals surface area contributed by atoms with Crippen molar-refractivity contribution in [2.45, 2.75) is 6.92 Å². The van der Waals surface area contributed by atoms with Crippen molar-refractivity contribution in [3.63, 3.8) is 0 Å². The fraction of sp³-hybridized carbons (Fsp3) is 0.0455. The van der Waals surface area contributed by atoms with Gasteiger partial charge in [0.05, 0.1) is 7.14 Å². The highest BCUT2D eigenvalue weighted by molar-refractivity contribution is 14.1. The third kappa shape index (κ3) is 4.20. The van der Waals surface area contributed by atoms with E-state index in [0.29, 0.717) is 11.6 Å². The Morgan fingerprint density at radius 2 is 1.76 bits per heavy atom. The predicted molar refractivity (Wildman–Crippen MR) is 128 cm³/mol. The molecule has 1 heterocycles. The van der Waals surface area contributed by atoms with E-state index >= 15 is 0 Å². The molecule has 0 atom stereocenters. The fourth-order valence-corrected chi connectivity index (χ4v) is 5.03. The molecule has 0 bridgehead atoms. The second-order valence-corrected chi connectivity index (χ2v) is 8.59. The monoisotopic (exact) mass is 609 g/mol. The van der Waals surface area contributed by atoms with Crippen LogP contribution in [-0.2, 0) is 14.3 Å². The third-order valence-electron chi connectivity index (χ3n) is 4.21. The first-order chi connectivity index (χ1) is 13.9. The van der Waals surface area contributed by atoms with Crippen LogP contribution in [0.2, 0.25) is 0 Å². The number of fused-ring (bicyclic) bond motifs is 1. The summed E-state index contributed by atoms with van der Waals surface area (Å²) in [6.45, 7) is 1.36. The first-order valence-electron chi connectivity index (χ1n) is 8.60. The molecule has 0 unspecified atom stereocenters. The van der Waals surface area contributed by atoms with Crippen LogP contribution in [0.25, 0.3) is 16.8 Å². The summed E-state index contributed by atoms with van der Waals surface area (Å²) in [6.07, 6.45) is 1.67. The van der Waals surface area contributed by atoms with E-state index < -0.39 is 5.97 Å². The summed E-state index contributed by atoms with van der Waals surface area (Å²) in [5.41, 5.74) is 1.76. The maximum Gasteiger partial charge on any atom is 0.363 e. The molecule has 0 aromatic heterocycles. The average molecular weight is 609 g/mol. The molecule has 0 radical (unpaired) electrons. The van der Waals surface area contributed by atoms with E-state index in [4.69, 9.17) is 9.47 Å². The van der Waals surface area contributed by atoms with Crippen LogP contribution in [0.5, 0.6) is 5.75 Å². The molecule has 3 aromatic carbocycles. The van der Waals surface area contributed by atoms with Crippen LogP contribution in [0.4, 0.5) is 0 Å². The molecule has 0 N–H and O–H groups in total. The zero-order chi connectivity index (χ0) is 20.5. The van der Waals surface area contributed by atoms with Crippen molar-refractivity contribution < 1.29 is 19.1 Å². The highest BCUT2D eigenvalue weighted by atomic mass is 127. The fourth-order valence-electron chi connectivity index (χ4n) is 3.00. The number of halogens is 2. The van der Waals surface area contributed by atoms with Crippen LogP contribution < -0.4 is 4.74 Å². The molecule has 144 valence electrons. The molecule has 29 heavy (non-hydrogen) atoms. The molecule has 1 aliphatic rings. The largest absolute Gasteiger partial charge is 0.424 e. The molecular weight excluding hydrogens is 596 g/mol. The minimum atomic E-state index is -0.498. The number of carbonyl (C=O) groups is 2. The number of rotatable bonds is 3. The van der Waals surface area contributed by atoms with Crippen molar-refractivity contribution in [3.05, 3.63) is 78.6 Å². The van der Waals surface area contributed by atoms with Crippen molar-refractivity contribution >= 4 is 79.9 Å². The van der Waals surface area contributed by atoms with Crippen LogP contribution in [0.15, 0.2) is 65.3 Å². The average Bonchev–Trinajstić information content (AvgIpc) is 3.04. The van der Waals surface area contributed by atoms with Crippen molar-refractivity contribution in [2.24, 2.45) is 4.99 Å². The summed E-state index contributed by atoms with van der Waals surface area (Å²) in [5, 5.41) is 2.02. The molecule has 7 heteroatoms. The van der Waals surface area contributed by atoms with E-state index in [1.54, 1.807) is 6.08 Å². The molecule has 0 fully saturated rings. The molecule has 4 rings (SSSR count). The van der Waals surface area contributed by atoms with Crippen molar-refractivity contribution in [1.82, 2.24) is 0 Å². The Labute approximate surface area is 194 Å². The van der Waals surface area contributed by atoms with E-state index in [0.717, 1.165) is 29.0 Å². The van der Waals surface area contributed by atoms with Crippen LogP contribution >= 0.6 is 45.2 Å². The lowest BCUT2D eigenvalue weighted by Crippen LogP contribution is -2.06. The number of hydrogen-bond donors (Lipinski definition) is 0. The Morgan fingerprint density at radius 1 is 1.07 bits per heavy atom. The summed E-state index contributed by atoms with van der Waals surface area (Å²) in [6, 6.07) is 17.3. The number of hydrogen-bond acceptors (Lipinski definition) is 5. The molecule has 3 aromatic rings. The lowest BCUT2D eigenvalue weighted by Gasteiger charge is -2.08. The minimum absolute atomic E-state index is 0.222. The van der Waals surface area contributed by atoms with Gasteiger partial charge in [-0.25, -0.2) is 9.79 Å². The number of nitrogens with zero attached hydrogens (tertiary/aromatic N) is 1. The summed E-state index contributed by atoms with van der Waals surface area (Å²) in [5.74, 6) is -0.0774. The second kappa shape index (κ2) is 8.23. The first-order valence-corrected chi connectivity index (χ1v) is 10.8. The van der Waals surface area contributed by atoms with Gasteiger partial charge < -0.3 is 9.47 Å². The summed E-state index contributed by atoms with van der Waals surface area (Å²) in [7, 11) is 0. The highest BCUT2D eigenvalue weighted by Gasteiger charge is 2.25. The highest BCUT2D eigenvalue weighted by Crippen LogP contribution is 2.31. The minimum Gasteiger partial charge on any atom is -0.424 e. The molecular formula is C22H13I2NO4. The lowest BCUT2D eigenvalue weighted by atomic mass is 10.0. The molecule has 0 aliphatic carbocycles. The van der Waals surface area contributed by atoms with Crippen LogP contribution in [0, 0.1) is 7.14 Å². The maximum absolute atomic E-state index is 12.4. The zero-order valence-corrected chi connectivity index (χ0v) is 19.4. The second-order valence-electron chi connectivity index (χ2n) is 6.27. The number of aliphatic imine (C=N–C) groups is 1. The van der Waals surface area contributed by atoms with Gasteiger partial charge in [0.2, 0.25) is 5.90 Å². The van der Waals surface area contributed by atoms with E-state index in [1.807, 2.05) is 54.6 Å². The Morgan fingerprint density at radius 3 is 2.48 bits per heavy atom. The molecule has 1 aliphatic heterocycles. The maximum atomic E-state index is 12.4. The van der Waals surface area contributed by atoms with Gasteiger partial charge in [-0.2, -0.15) is 0 Å². The Bertz CT molecular complexity index is 1200. The molecule has 5 nitrogen and oxygen atoms in total. The standard InChI is InChI=1S/C22H13I2NO4/c1-12(26)28-20-17(23)9-13(10-18(20)24)11-19-22(27)29-21(25-19)16-8-4-6-14-5-2-3-7-15(14)16/h2-11H,1H3/b19-11+. The van der Waals surface area contributed by atoms with Gasteiger partial charge in [-0.05, 0) is 85.8 Å². The van der Waals surface area contributed by atoms with Gasteiger partial charge in [0.1, 0.15) is 0 Å². The molecule has 0 spiro atoms. The Hall–Kier alpha value is -2.27. The van der Waals surface area contributed by atoms with Crippen molar-refractivity contribution in [3.8, 4) is 5.75 Å². The van der Waals surface area contributed by atoms with Gasteiger partial charge >= 0.3 is 11.9 Å². The Kier molecular flexibility index (Phi) is 5.68. The SMILES string of the molecule is CC(=O)Oc1c(I)cc(/C=C2/N=C(c3cccc4ccccc34)OC2=O)cc1I. The normalized spacial score (nSPS) is 14.8. The number of cyclic esters (lactones) is 1. The van der Waals surface area contributed by atoms with E-state index in [-0.39, 0.29) is 11.7 Å². The van der Waals surface area contributed by atoms with Crippen molar-refractivity contribution in [2.75, 3.05) is 0 Å². The number of carbonyl (C=O) groups excluding carboxylic acids is 2. The van der Waals surface area contributed by atoms with Crippen LogP contribution in [-0.4, -0.2) is 17.8 Å². The third-order valence-corrected chi connectivity index (χ3v) is 5.81. The number of ether oxygens (including phenoxy) is 2. The quantitative estimate of drug-likeness (QED) is 0.175. The van der Waals surface area contributed by atoms with E-state index in [2.05, 4.69) is 50.2 Å². The van der Waals surface area contributed by atoms with Gasteiger partial charge in [-0.1, -0.05) is 36.4 Å². The number of esters is 2. The molecule has 0 saturated carbocycles. The van der Waals surface area contributed by atoms with E-state index in [1.165, 1.54) is 6.92 Å². The summed E-state index contributed by atoms with van der Waals surface area (Å²) >= 11 is 4.19. The van der Waals surface area contributed by atoms with E-state index in [9.17, 15) is 9.59 Å². The zero-order valence-electron chi connectivity index (χ0n) is 15.1. The van der Waals surface area contributed by atoms with Gasteiger partial charge in [0.15, 0.2) is 11.4 Å². The molecule has 0 saturated heterocycles.